The molecule has 31 heavy (non-hydrogen) atoms. The number of carbonyl (C=O) groups excluding carboxylic acids is 3. The molecule has 0 atom stereocenters. The van der Waals surface area contributed by atoms with Gasteiger partial charge < -0.3 is 19.5 Å². The van der Waals surface area contributed by atoms with Crippen LogP contribution in [0, 0.1) is 0 Å². The first-order valence-corrected chi connectivity index (χ1v) is 10.2. The molecule has 0 saturated carbocycles. The Kier molecular flexibility index (Phi) is 6.81. The number of hydrogen-bond donors (Lipinski definition) is 1. The average Bonchev–Trinajstić information content (AvgIpc) is 2.70. The van der Waals surface area contributed by atoms with E-state index in [0.717, 1.165) is 9.79 Å². The summed E-state index contributed by atoms with van der Waals surface area (Å²) in [6.45, 7) is 4.07. The second kappa shape index (κ2) is 9.53. The Labute approximate surface area is 183 Å². The Balaban J connectivity index is 2.13. The Morgan fingerprint density at radius 3 is 2.13 bits per heavy atom. The summed E-state index contributed by atoms with van der Waals surface area (Å²) in [5.41, 5.74) is 0.692. The van der Waals surface area contributed by atoms with Crippen molar-refractivity contribution in [3.05, 3.63) is 48.5 Å². The maximum absolute atomic E-state index is 11.7. The van der Waals surface area contributed by atoms with Crippen LogP contribution in [0.3, 0.4) is 0 Å². The molecule has 0 aliphatic rings. The predicted octanol–water partition coefficient (Wildman–Crippen LogP) is 4.81. The second-order valence-electron chi connectivity index (χ2n) is 6.58. The largest absolute Gasteiger partial charge is 0.493 e. The van der Waals surface area contributed by atoms with Gasteiger partial charge in [-0.1, -0.05) is 23.9 Å². The topological polar surface area (TPSA) is 90.9 Å². The molecule has 3 rings (SSSR count). The highest BCUT2D eigenvalue weighted by Crippen LogP contribution is 2.46. The molecule has 0 fully saturated rings. The Hall–Kier alpha value is -3.52. The lowest BCUT2D eigenvalue weighted by atomic mass is 10.1. The van der Waals surface area contributed by atoms with Crippen molar-refractivity contribution in [3.8, 4) is 17.2 Å². The third-order valence-corrected chi connectivity index (χ3v) is 5.19. The zero-order chi connectivity index (χ0) is 22.5. The zero-order valence-corrected chi connectivity index (χ0v) is 18.3. The molecule has 0 radical (unpaired) electrons. The number of nitrogens with one attached hydrogen (secondary N) is 1. The summed E-state index contributed by atoms with van der Waals surface area (Å²) in [5, 5.41) is 3.92. The highest BCUT2D eigenvalue weighted by molar-refractivity contribution is 7.99. The van der Waals surface area contributed by atoms with Crippen LogP contribution >= 0.6 is 11.8 Å². The van der Waals surface area contributed by atoms with Crippen molar-refractivity contribution in [1.82, 2.24) is 0 Å². The standard InChI is InChI=1S/C23H21NO6S/c1-13(25)24-16-8-10-17(11-9-16)31-21-7-5-6-18-22(21)19(29-14(2)26)12-20(28-4)23(18)30-15(3)27/h5-12H,1-4H3,(H,24,25). The molecule has 0 aliphatic heterocycles. The number of rotatable bonds is 6. The van der Waals surface area contributed by atoms with Crippen molar-refractivity contribution >= 4 is 46.1 Å². The van der Waals surface area contributed by atoms with E-state index in [2.05, 4.69) is 5.32 Å². The first-order valence-electron chi connectivity index (χ1n) is 9.34. The molecule has 1 N–H and O–H groups in total. The van der Waals surface area contributed by atoms with Gasteiger partial charge in [-0.25, -0.2) is 0 Å². The summed E-state index contributed by atoms with van der Waals surface area (Å²) in [5.74, 6) is -0.291. The minimum Gasteiger partial charge on any atom is -0.493 e. The summed E-state index contributed by atoms with van der Waals surface area (Å²) in [6.07, 6.45) is 0. The van der Waals surface area contributed by atoms with Gasteiger partial charge in [0.1, 0.15) is 5.75 Å². The molecule has 0 spiro atoms. The fourth-order valence-electron chi connectivity index (χ4n) is 3.02. The third-order valence-electron chi connectivity index (χ3n) is 4.13. The van der Waals surface area contributed by atoms with E-state index in [-0.39, 0.29) is 17.4 Å². The number of ether oxygens (including phenoxy) is 3. The molecular formula is C23H21NO6S. The zero-order valence-electron chi connectivity index (χ0n) is 17.5. The van der Waals surface area contributed by atoms with Crippen molar-refractivity contribution in [2.75, 3.05) is 12.4 Å². The first kappa shape index (κ1) is 22.2. The van der Waals surface area contributed by atoms with Gasteiger partial charge in [0.2, 0.25) is 5.91 Å². The molecule has 0 bridgehead atoms. The van der Waals surface area contributed by atoms with Crippen LogP contribution in [0.5, 0.6) is 17.2 Å². The lowest BCUT2D eigenvalue weighted by molar-refractivity contribution is -0.133. The van der Waals surface area contributed by atoms with Crippen LogP contribution in [-0.4, -0.2) is 25.0 Å². The monoisotopic (exact) mass is 439 g/mol. The average molecular weight is 439 g/mol. The Morgan fingerprint density at radius 2 is 1.55 bits per heavy atom. The van der Waals surface area contributed by atoms with Gasteiger partial charge >= 0.3 is 11.9 Å². The molecule has 0 unspecified atom stereocenters. The summed E-state index contributed by atoms with van der Waals surface area (Å²) in [7, 11) is 1.45. The fraction of sp³-hybridized carbons (Fsp3) is 0.174. The molecule has 0 saturated heterocycles. The van der Waals surface area contributed by atoms with E-state index in [1.54, 1.807) is 18.2 Å². The summed E-state index contributed by atoms with van der Waals surface area (Å²) < 4.78 is 16.2. The number of carbonyl (C=O) groups is 3. The van der Waals surface area contributed by atoms with Gasteiger partial charge in [0, 0.05) is 53.1 Å². The van der Waals surface area contributed by atoms with Gasteiger partial charge in [-0.05, 0) is 30.3 Å². The van der Waals surface area contributed by atoms with Gasteiger partial charge in [0.15, 0.2) is 11.5 Å². The van der Waals surface area contributed by atoms with E-state index in [0.29, 0.717) is 22.2 Å². The lowest BCUT2D eigenvalue weighted by Crippen LogP contribution is -2.06. The number of fused-ring (bicyclic) bond motifs is 1. The maximum Gasteiger partial charge on any atom is 0.308 e. The smallest absolute Gasteiger partial charge is 0.308 e. The second-order valence-corrected chi connectivity index (χ2v) is 7.70. The molecule has 8 heteroatoms. The molecule has 160 valence electrons. The molecular weight excluding hydrogens is 418 g/mol. The van der Waals surface area contributed by atoms with Crippen molar-refractivity contribution in [2.24, 2.45) is 0 Å². The third kappa shape index (κ3) is 5.35. The number of methoxy groups -OCH3 is 1. The molecule has 0 aromatic heterocycles. The van der Waals surface area contributed by atoms with Gasteiger partial charge in [0.25, 0.3) is 0 Å². The van der Waals surface area contributed by atoms with E-state index in [1.807, 2.05) is 24.3 Å². The van der Waals surface area contributed by atoms with Crippen LogP contribution in [-0.2, 0) is 14.4 Å². The van der Waals surface area contributed by atoms with Gasteiger partial charge in [-0.15, -0.1) is 0 Å². The minimum absolute atomic E-state index is 0.146. The highest BCUT2D eigenvalue weighted by atomic mass is 32.2. The van der Waals surface area contributed by atoms with Gasteiger partial charge in [0.05, 0.1) is 7.11 Å². The number of amides is 1. The van der Waals surface area contributed by atoms with Crippen LogP contribution in [0.25, 0.3) is 10.8 Å². The molecule has 0 aliphatic carbocycles. The van der Waals surface area contributed by atoms with Crippen molar-refractivity contribution in [2.45, 2.75) is 30.6 Å². The van der Waals surface area contributed by atoms with Crippen molar-refractivity contribution in [1.29, 1.82) is 0 Å². The molecule has 7 nitrogen and oxygen atoms in total. The van der Waals surface area contributed by atoms with Crippen LogP contribution in [0.15, 0.2) is 58.3 Å². The van der Waals surface area contributed by atoms with E-state index in [9.17, 15) is 14.4 Å². The highest BCUT2D eigenvalue weighted by Gasteiger charge is 2.20. The van der Waals surface area contributed by atoms with Crippen molar-refractivity contribution in [3.63, 3.8) is 0 Å². The SMILES string of the molecule is COc1cc(OC(C)=O)c2c(Sc3ccc(NC(C)=O)cc3)cccc2c1OC(C)=O. The van der Waals surface area contributed by atoms with E-state index in [4.69, 9.17) is 14.2 Å². The minimum atomic E-state index is -0.494. The van der Waals surface area contributed by atoms with Crippen molar-refractivity contribution < 1.29 is 28.6 Å². The fourth-order valence-corrected chi connectivity index (χ4v) is 4.01. The first-order chi connectivity index (χ1) is 14.8. The normalized spacial score (nSPS) is 10.5. The van der Waals surface area contributed by atoms with E-state index in [1.165, 1.54) is 45.7 Å². The Morgan fingerprint density at radius 1 is 0.871 bits per heavy atom. The van der Waals surface area contributed by atoms with Crippen LogP contribution in [0.2, 0.25) is 0 Å². The maximum atomic E-state index is 11.7. The molecule has 0 heterocycles. The number of anilines is 1. The van der Waals surface area contributed by atoms with Crippen LogP contribution < -0.4 is 19.5 Å². The predicted molar refractivity (Wildman–Crippen MR) is 118 cm³/mol. The van der Waals surface area contributed by atoms with E-state index < -0.39 is 11.9 Å². The lowest BCUT2D eigenvalue weighted by Gasteiger charge is -2.17. The summed E-state index contributed by atoms with van der Waals surface area (Å²) >= 11 is 1.44. The van der Waals surface area contributed by atoms with E-state index >= 15 is 0 Å². The summed E-state index contributed by atoms with van der Waals surface area (Å²) in [6, 6.07) is 14.4. The number of benzene rings is 3. The van der Waals surface area contributed by atoms with Gasteiger partial charge in [-0.3, -0.25) is 14.4 Å². The molecule has 3 aromatic carbocycles. The van der Waals surface area contributed by atoms with Gasteiger partial charge in [-0.2, -0.15) is 0 Å². The van der Waals surface area contributed by atoms with Crippen LogP contribution in [0.1, 0.15) is 20.8 Å². The quantitative estimate of drug-likeness (QED) is 0.435. The summed E-state index contributed by atoms with van der Waals surface area (Å²) in [4.78, 5) is 36.3. The molecule has 3 aromatic rings. The van der Waals surface area contributed by atoms with Crippen LogP contribution in [0.4, 0.5) is 5.69 Å². The number of hydrogen-bond acceptors (Lipinski definition) is 7. The molecule has 1 amide bonds. The number of esters is 2. The Bertz CT molecular complexity index is 1160.